The molecule has 1 rings (SSSR count). The standard InChI is InChI=1S/C11H21N3OS/c1-8(2)3-9(4-12)5-13-6-10-7-16-11(15)14-10/h7-9,13H,3-6,12H2,1-2H3,(H,14,15). The summed E-state index contributed by atoms with van der Waals surface area (Å²) in [6, 6.07) is 0. The maximum Gasteiger partial charge on any atom is 0.304 e. The third kappa shape index (κ3) is 4.92. The highest BCUT2D eigenvalue weighted by Crippen LogP contribution is 2.09. The van der Waals surface area contributed by atoms with Gasteiger partial charge < -0.3 is 16.0 Å². The van der Waals surface area contributed by atoms with Gasteiger partial charge >= 0.3 is 4.87 Å². The van der Waals surface area contributed by atoms with Gasteiger partial charge in [-0.15, -0.1) is 0 Å². The summed E-state index contributed by atoms with van der Waals surface area (Å²) in [5.41, 5.74) is 6.66. The first-order valence-electron chi connectivity index (χ1n) is 5.69. The van der Waals surface area contributed by atoms with Crippen LogP contribution in [0.15, 0.2) is 10.2 Å². The molecule has 1 aromatic heterocycles. The number of nitrogens with one attached hydrogen (secondary N) is 2. The average molecular weight is 243 g/mol. The van der Waals surface area contributed by atoms with Crippen LogP contribution >= 0.6 is 11.3 Å². The molecular formula is C11H21N3OS. The lowest BCUT2D eigenvalue weighted by Crippen LogP contribution is -2.29. The largest absolute Gasteiger partial charge is 0.330 e. The highest BCUT2D eigenvalue weighted by Gasteiger charge is 2.08. The first-order valence-corrected chi connectivity index (χ1v) is 6.57. The third-order valence-electron chi connectivity index (χ3n) is 2.46. The van der Waals surface area contributed by atoms with E-state index in [9.17, 15) is 4.79 Å². The van der Waals surface area contributed by atoms with Crippen molar-refractivity contribution in [3.63, 3.8) is 0 Å². The van der Waals surface area contributed by atoms with Crippen molar-refractivity contribution in [2.45, 2.75) is 26.8 Å². The number of hydrogen-bond acceptors (Lipinski definition) is 4. The van der Waals surface area contributed by atoms with Gasteiger partial charge in [0.25, 0.3) is 0 Å². The summed E-state index contributed by atoms with van der Waals surface area (Å²) in [7, 11) is 0. The molecule has 1 aromatic rings. The third-order valence-corrected chi connectivity index (χ3v) is 3.18. The zero-order chi connectivity index (χ0) is 12.0. The Hall–Kier alpha value is -0.650. The highest BCUT2D eigenvalue weighted by molar-refractivity contribution is 7.07. The number of aromatic amines is 1. The summed E-state index contributed by atoms with van der Waals surface area (Å²) >= 11 is 1.20. The number of thiazole rings is 1. The van der Waals surface area contributed by atoms with Crippen LogP contribution in [0.4, 0.5) is 0 Å². The van der Waals surface area contributed by atoms with E-state index in [0.29, 0.717) is 24.9 Å². The van der Waals surface area contributed by atoms with E-state index in [2.05, 4.69) is 24.1 Å². The van der Waals surface area contributed by atoms with Crippen LogP contribution in [0.25, 0.3) is 0 Å². The van der Waals surface area contributed by atoms with Crippen molar-refractivity contribution in [1.82, 2.24) is 10.3 Å². The van der Waals surface area contributed by atoms with Gasteiger partial charge in [0, 0.05) is 17.6 Å². The minimum Gasteiger partial charge on any atom is -0.330 e. The summed E-state index contributed by atoms with van der Waals surface area (Å²) < 4.78 is 0. The molecule has 0 saturated heterocycles. The molecular weight excluding hydrogens is 222 g/mol. The first kappa shape index (κ1) is 13.4. The van der Waals surface area contributed by atoms with Crippen LogP contribution in [0.3, 0.4) is 0 Å². The van der Waals surface area contributed by atoms with E-state index in [-0.39, 0.29) is 4.87 Å². The fourth-order valence-electron chi connectivity index (χ4n) is 1.74. The van der Waals surface area contributed by atoms with Crippen LogP contribution in [0.5, 0.6) is 0 Å². The molecule has 4 nitrogen and oxygen atoms in total. The Morgan fingerprint density at radius 2 is 2.31 bits per heavy atom. The summed E-state index contributed by atoms with van der Waals surface area (Å²) in [6.45, 7) is 6.75. The summed E-state index contributed by atoms with van der Waals surface area (Å²) in [6.07, 6.45) is 1.14. The predicted octanol–water partition coefficient (Wildman–Crippen LogP) is 1.15. The molecule has 0 aliphatic heterocycles. The molecule has 5 heteroatoms. The van der Waals surface area contributed by atoms with Crippen molar-refractivity contribution < 1.29 is 0 Å². The maximum absolute atomic E-state index is 10.9. The molecule has 0 aromatic carbocycles. The van der Waals surface area contributed by atoms with Gasteiger partial charge in [-0.1, -0.05) is 25.2 Å². The van der Waals surface area contributed by atoms with E-state index < -0.39 is 0 Å². The van der Waals surface area contributed by atoms with Crippen LogP contribution in [0, 0.1) is 11.8 Å². The molecule has 1 atom stereocenters. The molecule has 1 heterocycles. The molecule has 0 fully saturated rings. The molecule has 4 N–H and O–H groups in total. The van der Waals surface area contributed by atoms with Crippen LogP contribution in [0.2, 0.25) is 0 Å². The van der Waals surface area contributed by atoms with Crippen LogP contribution < -0.4 is 15.9 Å². The zero-order valence-electron chi connectivity index (χ0n) is 9.95. The number of nitrogens with two attached hydrogens (primary N) is 1. The lowest BCUT2D eigenvalue weighted by Gasteiger charge is -2.17. The van der Waals surface area contributed by atoms with E-state index in [4.69, 9.17) is 5.73 Å². The average Bonchev–Trinajstić information content (AvgIpc) is 2.62. The molecule has 0 radical (unpaired) electrons. The van der Waals surface area contributed by atoms with E-state index in [0.717, 1.165) is 18.7 Å². The second kappa shape index (κ2) is 6.83. The minimum atomic E-state index is 0.00866. The lowest BCUT2D eigenvalue weighted by atomic mass is 9.97. The van der Waals surface area contributed by atoms with E-state index in [1.807, 2.05) is 5.38 Å². The summed E-state index contributed by atoms with van der Waals surface area (Å²) in [5, 5.41) is 5.18. The van der Waals surface area contributed by atoms with Crippen molar-refractivity contribution in [3.8, 4) is 0 Å². The quantitative estimate of drug-likeness (QED) is 0.672. The van der Waals surface area contributed by atoms with E-state index in [1.54, 1.807) is 0 Å². The fourth-order valence-corrected chi connectivity index (χ4v) is 2.32. The van der Waals surface area contributed by atoms with Crippen LogP contribution in [-0.4, -0.2) is 18.1 Å². The van der Waals surface area contributed by atoms with Crippen molar-refractivity contribution in [1.29, 1.82) is 0 Å². The summed E-state index contributed by atoms with van der Waals surface area (Å²) in [5.74, 6) is 1.20. The van der Waals surface area contributed by atoms with Gasteiger partial charge in [-0.3, -0.25) is 4.79 Å². The number of H-pyrrole nitrogens is 1. The van der Waals surface area contributed by atoms with E-state index in [1.165, 1.54) is 11.3 Å². The van der Waals surface area contributed by atoms with Crippen molar-refractivity contribution in [2.75, 3.05) is 13.1 Å². The Kier molecular flexibility index (Phi) is 5.73. The van der Waals surface area contributed by atoms with Gasteiger partial charge in [0.05, 0.1) is 0 Å². The number of aromatic nitrogens is 1. The SMILES string of the molecule is CC(C)CC(CN)CNCc1csc(=O)[nH]1. The molecule has 0 bridgehead atoms. The van der Waals surface area contributed by atoms with Gasteiger partial charge in [-0.05, 0) is 31.3 Å². The monoisotopic (exact) mass is 243 g/mol. The maximum atomic E-state index is 10.9. The van der Waals surface area contributed by atoms with Gasteiger partial charge in [0.2, 0.25) is 0 Å². The Labute approximate surface area is 100 Å². The van der Waals surface area contributed by atoms with Gasteiger partial charge in [0.15, 0.2) is 0 Å². The van der Waals surface area contributed by atoms with Gasteiger partial charge in [-0.25, -0.2) is 0 Å². The fraction of sp³-hybridized carbons (Fsp3) is 0.727. The van der Waals surface area contributed by atoms with Gasteiger partial charge in [-0.2, -0.15) is 0 Å². The molecule has 92 valence electrons. The van der Waals surface area contributed by atoms with Crippen molar-refractivity contribution in [3.05, 3.63) is 20.7 Å². The molecule has 0 spiro atoms. The topological polar surface area (TPSA) is 70.9 Å². The highest BCUT2D eigenvalue weighted by atomic mass is 32.1. The van der Waals surface area contributed by atoms with Crippen LogP contribution in [-0.2, 0) is 6.54 Å². The molecule has 0 amide bonds. The number of rotatable bonds is 7. The molecule has 1 unspecified atom stereocenters. The zero-order valence-corrected chi connectivity index (χ0v) is 10.8. The summed E-state index contributed by atoms with van der Waals surface area (Å²) in [4.78, 5) is 13.7. The minimum absolute atomic E-state index is 0.00866. The van der Waals surface area contributed by atoms with E-state index >= 15 is 0 Å². The second-order valence-electron chi connectivity index (χ2n) is 4.54. The van der Waals surface area contributed by atoms with Crippen molar-refractivity contribution in [2.24, 2.45) is 17.6 Å². The Morgan fingerprint density at radius 1 is 1.56 bits per heavy atom. The normalized spacial score (nSPS) is 13.2. The first-order chi connectivity index (χ1) is 7.61. The molecule has 16 heavy (non-hydrogen) atoms. The number of hydrogen-bond donors (Lipinski definition) is 3. The second-order valence-corrected chi connectivity index (χ2v) is 5.38. The molecule has 0 aliphatic rings. The Morgan fingerprint density at radius 3 is 2.81 bits per heavy atom. The molecule has 0 saturated carbocycles. The predicted molar refractivity (Wildman–Crippen MR) is 68.6 cm³/mol. The Balaban J connectivity index is 2.25. The van der Waals surface area contributed by atoms with Crippen molar-refractivity contribution >= 4 is 11.3 Å². The van der Waals surface area contributed by atoms with Gasteiger partial charge in [0.1, 0.15) is 0 Å². The smallest absolute Gasteiger partial charge is 0.304 e. The molecule has 0 aliphatic carbocycles. The lowest BCUT2D eigenvalue weighted by molar-refractivity contribution is 0.393. The Bertz CT molecular complexity index is 345. The van der Waals surface area contributed by atoms with Crippen LogP contribution in [0.1, 0.15) is 26.0 Å².